The molecule has 114 valence electrons. The Kier molecular flexibility index (Phi) is 3.98. The second kappa shape index (κ2) is 6.24. The highest BCUT2D eigenvalue weighted by Crippen LogP contribution is 2.18. The normalized spacial score (nSPS) is 10.3. The summed E-state index contributed by atoms with van der Waals surface area (Å²) in [5.41, 5.74) is 2.58. The van der Waals surface area contributed by atoms with Crippen LogP contribution in [0.25, 0.3) is 5.69 Å². The molecule has 2 heterocycles. The van der Waals surface area contributed by atoms with Gasteiger partial charge in [-0.1, -0.05) is 12.1 Å². The number of nitrogens with one attached hydrogen (secondary N) is 1. The van der Waals surface area contributed by atoms with Gasteiger partial charge in [-0.3, -0.25) is 4.79 Å². The summed E-state index contributed by atoms with van der Waals surface area (Å²) in [6.07, 6.45) is 3.28. The standard InChI is InChI=1S/C18H15N3O2/c1-13-4-2-5-15(10-13)21-8-7-14(11-19)17(21)18(22)20-12-16-6-3-9-23-16/h2-10H,12H2,1H3,(H,20,22). The van der Waals surface area contributed by atoms with Crippen molar-refractivity contribution in [2.45, 2.75) is 13.5 Å². The van der Waals surface area contributed by atoms with Crippen molar-refractivity contribution in [1.82, 2.24) is 9.88 Å². The number of furan rings is 1. The number of amides is 1. The van der Waals surface area contributed by atoms with Gasteiger partial charge >= 0.3 is 0 Å². The first-order valence-corrected chi connectivity index (χ1v) is 7.18. The molecule has 23 heavy (non-hydrogen) atoms. The predicted molar refractivity (Wildman–Crippen MR) is 85.1 cm³/mol. The Hall–Kier alpha value is -3.26. The Morgan fingerprint density at radius 1 is 1.30 bits per heavy atom. The summed E-state index contributed by atoms with van der Waals surface area (Å²) in [7, 11) is 0. The smallest absolute Gasteiger partial charge is 0.270 e. The van der Waals surface area contributed by atoms with E-state index in [1.54, 1.807) is 35.2 Å². The van der Waals surface area contributed by atoms with Crippen LogP contribution in [-0.4, -0.2) is 10.5 Å². The van der Waals surface area contributed by atoms with Crippen LogP contribution in [0.5, 0.6) is 0 Å². The number of hydrogen-bond acceptors (Lipinski definition) is 3. The highest BCUT2D eigenvalue weighted by molar-refractivity contribution is 5.95. The lowest BCUT2D eigenvalue weighted by molar-refractivity contribution is 0.0941. The first-order chi connectivity index (χ1) is 11.2. The number of nitrogens with zero attached hydrogens (tertiary/aromatic N) is 2. The van der Waals surface area contributed by atoms with Crippen LogP contribution >= 0.6 is 0 Å². The van der Waals surface area contributed by atoms with Gasteiger partial charge in [-0.15, -0.1) is 0 Å². The lowest BCUT2D eigenvalue weighted by atomic mass is 10.2. The van der Waals surface area contributed by atoms with E-state index in [9.17, 15) is 10.1 Å². The molecule has 3 rings (SSSR count). The molecule has 2 aromatic heterocycles. The lowest BCUT2D eigenvalue weighted by Gasteiger charge is -2.10. The van der Waals surface area contributed by atoms with E-state index < -0.39 is 0 Å². The van der Waals surface area contributed by atoms with E-state index in [0.29, 0.717) is 17.0 Å². The summed E-state index contributed by atoms with van der Waals surface area (Å²) in [6.45, 7) is 2.25. The molecule has 0 saturated carbocycles. The maximum atomic E-state index is 12.5. The number of carbonyl (C=O) groups excluding carboxylic acids is 1. The largest absolute Gasteiger partial charge is 0.467 e. The Morgan fingerprint density at radius 3 is 2.87 bits per heavy atom. The van der Waals surface area contributed by atoms with E-state index in [1.807, 2.05) is 31.2 Å². The van der Waals surface area contributed by atoms with Gasteiger partial charge < -0.3 is 14.3 Å². The minimum Gasteiger partial charge on any atom is -0.467 e. The fourth-order valence-corrected chi connectivity index (χ4v) is 2.41. The van der Waals surface area contributed by atoms with Crippen molar-refractivity contribution in [3.63, 3.8) is 0 Å². The second-order valence-corrected chi connectivity index (χ2v) is 5.16. The topological polar surface area (TPSA) is 71.0 Å². The Morgan fingerprint density at radius 2 is 2.17 bits per heavy atom. The fourth-order valence-electron chi connectivity index (χ4n) is 2.41. The zero-order valence-electron chi connectivity index (χ0n) is 12.6. The minimum atomic E-state index is -0.315. The lowest BCUT2D eigenvalue weighted by Crippen LogP contribution is -2.25. The van der Waals surface area contributed by atoms with Gasteiger partial charge in [0.05, 0.1) is 18.4 Å². The first kappa shape index (κ1) is 14.7. The van der Waals surface area contributed by atoms with Crippen molar-refractivity contribution < 1.29 is 9.21 Å². The van der Waals surface area contributed by atoms with Crippen molar-refractivity contribution in [3.8, 4) is 11.8 Å². The van der Waals surface area contributed by atoms with Crippen LogP contribution in [0.2, 0.25) is 0 Å². The monoisotopic (exact) mass is 305 g/mol. The van der Waals surface area contributed by atoms with Gasteiger partial charge in [0.15, 0.2) is 0 Å². The summed E-state index contributed by atoms with van der Waals surface area (Å²) < 4.78 is 6.93. The molecule has 3 aromatic rings. The first-order valence-electron chi connectivity index (χ1n) is 7.18. The molecule has 0 atom stereocenters. The molecule has 1 N–H and O–H groups in total. The molecular weight excluding hydrogens is 290 g/mol. The van der Waals surface area contributed by atoms with Crippen LogP contribution in [0.4, 0.5) is 0 Å². The van der Waals surface area contributed by atoms with Crippen molar-refractivity contribution in [2.75, 3.05) is 0 Å². The van der Waals surface area contributed by atoms with Crippen LogP contribution in [0.1, 0.15) is 27.4 Å². The van der Waals surface area contributed by atoms with Crippen LogP contribution in [0.15, 0.2) is 59.3 Å². The number of nitriles is 1. The van der Waals surface area contributed by atoms with Crippen LogP contribution < -0.4 is 5.32 Å². The molecule has 0 radical (unpaired) electrons. The maximum Gasteiger partial charge on any atom is 0.270 e. The number of hydrogen-bond donors (Lipinski definition) is 1. The number of aryl methyl sites for hydroxylation is 1. The third kappa shape index (κ3) is 3.01. The van der Waals surface area contributed by atoms with Gasteiger partial charge in [-0.25, -0.2) is 0 Å². The SMILES string of the molecule is Cc1cccc(-n2ccc(C#N)c2C(=O)NCc2ccco2)c1. The molecule has 5 nitrogen and oxygen atoms in total. The number of benzene rings is 1. The fraction of sp³-hybridized carbons (Fsp3) is 0.111. The molecule has 0 aliphatic rings. The van der Waals surface area contributed by atoms with Crippen molar-refractivity contribution >= 4 is 5.91 Å². The van der Waals surface area contributed by atoms with E-state index in [0.717, 1.165) is 11.3 Å². The number of carbonyl (C=O) groups is 1. The quantitative estimate of drug-likeness (QED) is 0.804. The van der Waals surface area contributed by atoms with Crippen molar-refractivity contribution in [2.24, 2.45) is 0 Å². The zero-order valence-corrected chi connectivity index (χ0v) is 12.6. The van der Waals surface area contributed by atoms with E-state index in [1.165, 1.54) is 0 Å². The van der Waals surface area contributed by atoms with Gasteiger partial charge in [-0.05, 0) is 42.8 Å². The third-order valence-corrected chi connectivity index (χ3v) is 3.50. The van der Waals surface area contributed by atoms with Gasteiger partial charge in [-0.2, -0.15) is 5.26 Å². The van der Waals surface area contributed by atoms with E-state index in [2.05, 4.69) is 11.4 Å². The molecule has 0 aliphatic heterocycles. The molecule has 0 fully saturated rings. The van der Waals surface area contributed by atoms with E-state index in [4.69, 9.17) is 4.42 Å². The summed E-state index contributed by atoms with van der Waals surface area (Å²) in [5, 5.41) is 12.1. The zero-order chi connectivity index (χ0) is 16.2. The summed E-state index contributed by atoms with van der Waals surface area (Å²) in [4.78, 5) is 12.5. The number of aromatic nitrogens is 1. The van der Waals surface area contributed by atoms with E-state index in [-0.39, 0.29) is 12.5 Å². The number of rotatable bonds is 4. The van der Waals surface area contributed by atoms with Gasteiger partial charge in [0.2, 0.25) is 0 Å². The summed E-state index contributed by atoms with van der Waals surface area (Å²) in [6, 6.07) is 15.0. The average Bonchev–Trinajstić information content (AvgIpc) is 3.21. The van der Waals surface area contributed by atoms with Crippen molar-refractivity contribution in [3.05, 3.63) is 77.5 Å². The maximum absolute atomic E-state index is 12.5. The van der Waals surface area contributed by atoms with Crippen molar-refractivity contribution in [1.29, 1.82) is 5.26 Å². The van der Waals surface area contributed by atoms with Gasteiger partial charge in [0.25, 0.3) is 5.91 Å². The van der Waals surface area contributed by atoms with Crippen LogP contribution in [0.3, 0.4) is 0 Å². The Bertz CT molecular complexity index is 870. The average molecular weight is 305 g/mol. The Labute approximate surface area is 133 Å². The highest BCUT2D eigenvalue weighted by Gasteiger charge is 2.18. The third-order valence-electron chi connectivity index (χ3n) is 3.50. The van der Waals surface area contributed by atoms with Gasteiger partial charge in [0.1, 0.15) is 17.5 Å². The van der Waals surface area contributed by atoms with Crippen LogP contribution in [-0.2, 0) is 6.54 Å². The van der Waals surface area contributed by atoms with E-state index >= 15 is 0 Å². The molecule has 0 bridgehead atoms. The summed E-state index contributed by atoms with van der Waals surface area (Å²) in [5.74, 6) is 0.343. The minimum absolute atomic E-state index is 0.274. The molecule has 1 amide bonds. The molecule has 0 spiro atoms. The molecule has 5 heteroatoms. The van der Waals surface area contributed by atoms with Gasteiger partial charge in [0, 0.05) is 11.9 Å². The highest BCUT2D eigenvalue weighted by atomic mass is 16.3. The molecule has 0 saturated heterocycles. The Balaban J connectivity index is 1.92. The molecule has 0 unspecified atom stereocenters. The molecule has 0 aliphatic carbocycles. The molecule has 1 aromatic carbocycles. The second-order valence-electron chi connectivity index (χ2n) is 5.16. The van der Waals surface area contributed by atoms with Crippen LogP contribution in [0, 0.1) is 18.3 Å². The summed E-state index contributed by atoms with van der Waals surface area (Å²) >= 11 is 0. The molecular formula is C18H15N3O2. The predicted octanol–water partition coefficient (Wildman–Crippen LogP) is 3.18.